The Morgan fingerprint density at radius 1 is 1.16 bits per heavy atom. The van der Waals surface area contributed by atoms with Crippen LogP contribution in [-0.4, -0.2) is 72.6 Å². The molecule has 2 aliphatic heterocycles. The van der Waals surface area contributed by atoms with Gasteiger partial charge in [-0.1, -0.05) is 29.8 Å². The highest BCUT2D eigenvalue weighted by Crippen LogP contribution is 2.30. The molecule has 2 fully saturated rings. The van der Waals surface area contributed by atoms with E-state index < -0.39 is 5.60 Å². The summed E-state index contributed by atoms with van der Waals surface area (Å²) in [5.41, 5.74) is 1.55. The van der Waals surface area contributed by atoms with Crippen LogP contribution in [0.5, 0.6) is 5.75 Å². The molecule has 0 bridgehead atoms. The summed E-state index contributed by atoms with van der Waals surface area (Å²) in [6.45, 7) is 8.60. The van der Waals surface area contributed by atoms with Crippen molar-refractivity contribution < 1.29 is 23.5 Å². The van der Waals surface area contributed by atoms with Crippen LogP contribution >= 0.6 is 11.6 Å². The van der Waals surface area contributed by atoms with Crippen molar-refractivity contribution in [1.29, 1.82) is 0 Å². The number of morpholine rings is 1. The molecule has 2 amide bonds. The number of likely N-dealkylation sites (tertiary alicyclic amines) is 1. The van der Waals surface area contributed by atoms with Crippen LogP contribution in [0.4, 0.5) is 4.39 Å². The van der Waals surface area contributed by atoms with Crippen molar-refractivity contribution >= 4 is 23.4 Å². The van der Waals surface area contributed by atoms with Gasteiger partial charge in [0.15, 0.2) is 0 Å². The first-order valence-electron chi connectivity index (χ1n) is 13.2. The molecular formula is C29H37ClFN3O4. The van der Waals surface area contributed by atoms with Crippen molar-refractivity contribution in [2.75, 3.05) is 39.4 Å². The maximum absolute atomic E-state index is 14.4. The smallest absolute Gasteiger partial charge is 0.225 e. The van der Waals surface area contributed by atoms with Crippen molar-refractivity contribution in [2.24, 2.45) is 0 Å². The van der Waals surface area contributed by atoms with Gasteiger partial charge in [0.2, 0.25) is 11.8 Å². The van der Waals surface area contributed by atoms with E-state index in [4.69, 9.17) is 21.1 Å². The van der Waals surface area contributed by atoms with Crippen LogP contribution in [0.25, 0.3) is 0 Å². The Hall–Kier alpha value is -2.68. The van der Waals surface area contributed by atoms with Crippen molar-refractivity contribution in [3.8, 4) is 5.75 Å². The number of carbonyl (C=O) groups is 2. The average Bonchev–Trinajstić information content (AvgIpc) is 2.87. The largest absolute Gasteiger partial charge is 0.490 e. The fourth-order valence-electron chi connectivity index (χ4n) is 5.32. The number of ether oxygens (including phenoxy) is 2. The number of aryl methyl sites for hydroxylation is 2. The summed E-state index contributed by atoms with van der Waals surface area (Å²) in [5.74, 6) is 0.364. The molecule has 0 unspecified atom stereocenters. The molecule has 2 aliphatic rings. The minimum absolute atomic E-state index is 0.00826. The predicted octanol–water partition coefficient (Wildman–Crippen LogP) is 4.26. The monoisotopic (exact) mass is 545 g/mol. The summed E-state index contributed by atoms with van der Waals surface area (Å²) in [4.78, 5) is 28.9. The molecule has 1 N–H and O–H groups in total. The number of amides is 2. The van der Waals surface area contributed by atoms with E-state index in [9.17, 15) is 14.0 Å². The number of nitrogens with one attached hydrogen (secondary N) is 1. The Balaban J connectivity index is 1.49. The summed E-state index contributed by atoms with van der Waals surface area (Å²) in [6.07, 6.45) is 1.59. The van der Waals surface area contributed by atoms with E-state index in [0.29, 0.717) is 55.7 Å². The van der Waals surface area contributed by atoms with Gasteiger partial charge < -0.3 is 19.7 Å². The van der Waals surface area contributed by atoms with Gasteiger partial charge >= 0.3 is 0 Å². The topological polar surface area (TPSA) is 71.1 Å². The molecule has 0 aliphatic carbocycles. The summed E-state index contributed by atoms with van der Waals surface area (Å²) in [5, 5.41) is 3.65. The molecule has 2 aromatic rings. The van der Waals surface area contributed by atoms with Crippen LogP contribution in [0.2, 0.25) is 5.02 Å². The molecule has 0 aromatic heterocycles. The normalized spacial score (nSPS) is 20.8. The zero-order valence-electron chi connectivity index (χ0n) is 22.4. The van der Waals surface area contributed by atoms with Gasteiger partial charge in [-0.2, -0.15) is 0 Å². The molecule has 7 nitrogen and oxygen atoms in total. The van der Waals surface area contributed by atoms with Crippen LogP contribution in [0.15, 0.2) is 36.4 Å². The highest BCUT2D eigenvalue weighted by Gasteiger charge is 2.41. The van der Waals surface area contributed by atoms with E-state index in [2.05, 4.69) is 10.2 Å². The summed E-state index contributed by atoms with van der Waals surface area (Å²) in [6, 6.07) is 10.6. The van der Waals surface area contributed by atoms with E-state index in [-0.39, 0.29) is 36.7 Å². The Labute approximate surface area is 229 Å². The maximum atomic E-state index is 14.4. The summed E-state index contributed by atoms with van der Waals surface area (Å²) in [7, 11) is 0. The van der Waals surface area contributed by atoms with Crippen LogP contribution in [0.1, 0.15) is 42.9 Å². The molecule has 1 atom stereocenters. The number of halogens is 2. The quantitative estimate of drug-likeness (QED) is 0.536. The fraction of sp³-hybridized carbons (Fsp3) is 0.517. The van der Waals surface area contributed by atoms with E-state index in [1.165, 1.54) is 13.0 Å². The van der Waals surface area contributed by atoms with Crippen molar-refractivity contribution in [3.05, 3.63) is 63.9 Å². The molecule has 4 rings (SSSR count). The van der Waals surface area contributed by atoms with Crippen molar-refractivity contribution in [3.63, 3.8) is 0 Å². The highest BCUT2D eigenvalue weighted by molar-refractivity contribution is 6.32. The van der Waals surface area contributed by atoms with Gasteiger partial charge in [-0.3, -0.25) is 14.5 Å². The number of benzene rings is 2. The summed E-state index contributed by atoms with van der Waals surface area (Å²) < 4.78 is 26.9. The van der Waals surface area contributed by atoms with Gasteiger partial charge in [-0.25, -0.2) is 4.39 Å². The molecule has 9 heteroatoms. The van der Waals surface area contributed by atoms with Gasteiger partial charge in [0.25, 0.3) is 0 Å². The molecule has 38 heavy (non-hydrogen) atoms. The van der Waals surface area contributed by atoms with Gasteiger partial charge in [0.1, 0.15) is 23.8 Å². The van der Waals surface area contributed by atoms with Crippen molar-refractivity contribution in [2.45, 2.75) is 58.2 Å². The molecule has 2 saturated heterocycles. The van der Waals surface area contributed by atoms with E-state index in [0.717, 1.165) is 24.0 Å². The standard InChI is InChI=1S/C29H37ClFN3O4/c1-20-14-25(15-21(2)28(20)30)37-19-29(16-27(36)34-10-8-24(9-11-34)32-22(3)35)18-33(12-13-38-29)17-23-6-4-5-7-26(23)31/h4-7,14-15,24H,8-13,16-19H2,1-3H3,(H,32,35)/t29-/m1/s1. The molecule has 0 spiro atoms. The highest BCUT2D eigenvalue weighted by atomic mass is 35.5. The lowest BCUT2D eigenvalue weighted by atomic mass is 9.95. The SMILES string of the molecule is CC(=O)NC1CCN(C(=O)C[C@]2(COc3cc(C)c(Cl)c(C)c3)CN(Cc3ccccc3F)CCO2)CC1. The molecule has 0 radical (unpaired) electrons. The second-order valence-electron chi connectivity index (χ2n) is 10.5. The minimum Gasteiger partial charge on any atom is -0.490 e. The van der Waals surface area contributed by atoms with Crippen LogP contribution in [0.3, 0.4) is 0 Å². The molecular weight excluding hydrogens is 509 g/mol. The number of nitrogens with zero attached hydrogens (tertiary/aromatic N) is 2. The first-order chi connectivity index (χ1) is 18.1. The first-order valence-corrected chi connectivity index (χ1v) is 13.6. The number of piperidine rings is 1. The zero-order chi connectivity index (χ0) is 27.3. The third-order valence-electron chi connectivity index (χ3n) is 7.32. The Morgan fingerprint density at radius 2 is 1.84 bits per heavy atom. The second-order valence-corrected chi connectivity index (χ2v) is 10.9. The van der Waals surface area contributed by atoms with Crippen LogP contribution in [0, 0.1) is 19.7 Å². The third kappa shape index (κ3) is 7.24. The maximum Gasteiger partial charge on any atom is 0.225 e. The average molecular weight is 546 g/mol. The van der Waals surface area contributed by atoms with E-state index in [1.54, 1.807) is 12.1 Å². The number of carbonyl (C=O) groups excluding carboxylic acids is 2. The van der Waals surface area contributed by atoms with Crippen LogP contribution in [-0.2, 0) is 20.9 Å². The minimum atomic E-state index is -0.892. The van der Waals surface area contributed by atoms with Gasteiger partial charge in [-0.15, -0.1) is 0 Å². The van der Waals surface area contributed by atoms with Gasteiger partial charge in [0.05, 0.1) is 13.0 Å². The Morgan fingerprint density at radius 3 is 2.50 bits per heavy atom. The van der Waals surface area contributed by atoms with Gasteiger partial charge in [0, 0.05) is 56.3 Å². The number of hydrogen-bond donors (Lipinski definition) is 1. The van der Waals surface area contributed by atoms with Crippen molar-refractivity contribution in [1.82, 2.24) is 15.1 Å². The second kappa shape index (κ2) is 12.5. The lowest BCUT2D eigenvalue weighted by Gasteiger charge is -2.43. The molecule has 206 valence electrons. The summed E-state index contributed by atoms with van der Waals surface area (Å²) >= 11 is 6.34. The van der Waals surface area contributed by atoms with E-state index in [1.807, 2.05) is 36.9 Å². The lowest BCUT2D eigenvalue weighted by Crippen LogP contribution is -2.57. The fourth-order valence-corrected chi connectivity index (χ4v) is 5.43. The van der Waals surface area contributed by atoms with Gasteiger partial charge in [-0.05, 0) is 56.0 Å². The first kappa shape index (κ1) is 28.3. The van der Waals surface area contributed by atoms with Crippen LogP contribution < -0.4 is 10.1 Å². The Kier molecular flexibility index (Phi) is 9.28. The molecule has 2 heterocycles. The zero-order valence-corrected chi connectivity index (χ0v) is 23.2. The molecule has 2 aromatic carbocycles. The lowest BCUT2D eigenvalue weighted by molar-refractivity contribution is -0.157. The number of rotatable bonds is 8. The molecule has 0 saturated carbocycles. The van der Waals surface area contributed by atoms with E-state index >= 15 is 0 Å². The Bertz CT molecular complexity index is 1130. The predicted molar refractivity (Wildman–Crippen MR) is 145 cm³/mol. The third-order valence-corrected chi connectivity index (χ3v) is 7.92. The number of hydrogen-bond acceptors (Lipinski definition) is 5.